The van der Waals surface area contributed by atoms with Crippen LogP contribution in [0.3, 0.4) is 0 Å². The number of carbonyl (C=O) groups is 1. The number of carbonyl (C=O) groups excluding carboxylic acids is 1. The highest BCUT2D eigenvalue weighted by molar-refractivity contribution is 5.94. The van der Waals surface area contributed by atoms with Gasteiger partial charge in [0.25, 0.3) is 5.91 Å². The van der Waals surface area contributed by atoms with Crippen LogP contribution in [0.2, 0.25) is 0 Å². The summed E-state index contributed by atoms with van der Waals surface area (Å²) in [6.07, 6.45) is 0. The van der Waals surface area contributed by atoms with Crippen LogP contribution >= 0.6 is 0 Å². The van der Waals surface area contributed by atoms with Crippen LogP contribution in [0.15, 0.2) is 59.6 Å². The number of aliphatic imine (C=N–C) groups is 1. The van der Waals surface area contributed by atoms with Crippen LogP contribution in [0.1, 0.15) is 22.8 Å². The molecule has 0 unspecified atom stereocenters. The van der Waals surface area contributed by atoms with E-state index in [0.717, 1.165) is 19.0 Å². The predicted octanol–water partition coefficient (Wildman–Crippen LogP) is 2.22. The summed E-state index contributed by atoms with van der Waals surface area (Å²) in [5.74, 6) is 0.765. The molecular weight excluding hydrogens is 328 g/mol. The van der Waals surface area contributed by atoms with Crippen LogP contribution in [-0.2, 0) is 6.54 Å². The highest BCUT2D eigenvalue weighted by Crippen LogP contribution is 2.09. The van der Waals surface area contributed by atoms with Crippen molar-refractivity contribution in [2.24, 2.45) is 4.99 Å². The fourth-order valence-corrected chi connectivity index (χ4v) is 2.45. The number of phenols is 1. The summed E-state index contributed by atoms with van der Waals surface area (Å²) in [6.45, 7) is 4.47. The van der Waals surface area contributed by atoms with Crippen LogP contribution < -0.4 is 10.6 Å². The predicted molar refractivity (Wildman–Crippen MR) is 104 cm³/mol. The van der Waals surface area contributed by atoms with Crippen molar-refractivity contribution in [1.82, 2.24) is 15.5 Å². The summed E-state index contributed by atoms with van der Waals surface area (Å²) in [5, 5.41) is 15.4. The number of phenolic OH excluding ortho intramolecular Hbond substituents is 1. The molecule has 0 aliphatic carbocycles. The number of nitrogens with one attached hydrogen (secondary N) is 2. The Balaban J connectivity index is 1.86. The monoisotopic (exact) mass is 354 g/mol. The van der Waals surface area contributed by atoms with E-state index in [0.29, 0.717) is 18.7 Å². The zero-order valence-corrected chi connectivity index (χ0v) is 15.3. The molecule has 2 rings (SSSR count). The Bertz CT molecular complexity index is 714. The molecule has 2 aromatic rings. The lowest BCUT2D eigenvalue weighted by molar-refractivity contribution is 0.0955. The van der Waals surface area contributed by atoms with Gasteiger partial charge in [-0.2, -0.15) is 0 Å². The zero-order chi connectivity index (χ0) is 18.8. The smallest absolute Gasteiger partial charge is 0.251 e. The molecule has 0 radical (unpaired) electrons. The molecule has 0 spiro atoms. The number of hydrogen-bond donors (Lipinski definition) is 3. The standard InChI is InChI=1S/C20H26N4O2/c1-3-21-20(24(2)15-16-7-5-4-6-8-16)23-14-13-22-19(26)17-9-11-18(25)12-10-17/h4-12,25H,3,13-15H2,1-2H3,(H,21,23)(H,22,26). The molecule has 0 saturated heterocycles. The van der Waals surface area contributed by atoms with Gasteiger partial charge in [0.2, 0.25) is 0 Å². The van der Waals surface area contributed by atoms with E-state index >= 15 is 0 Å². The van der Waals surface area contributed by atoms with Gasteiger partial charge in [-0.15, -0.1) is 0 Å². The van der Waals surface area contributed by atoms with Crippen molar-refractivity contribution in [3.8, 4) is 5.75 Å². The largest absolute Gasteiger partial charge is 0.508 e. The van der Waals surface area contributed by atoms with Crippen LogP contribution in [0.25, 0.3) is 0 Å². The molecule has 0 aromatic heterocycles. The van der Waals surface area contributed by atoms with E-state index in [1.807, 2.05) is 32.2 Å². The lowest BCUT2D eigenvalue weighted by Crippen LogP contribution is -2.39. The topological polar surface area (TPSA) is 77.0 Å². The molecular formula is C20H26N4O2. The fraction of sp³-hybridized carbons (Fsp3) is 0.300. The molecule has 0 aliphatic heterocycles. The van der Waals surface area contributed by atoms with Gasteiger partial charge in [0.1, 0.15) is 5.75 Å². The number of amides is 1. The van der Waals surface area contributed by atoms with Gasteiger partial charge in [-0.25, -0.2) is 0 Å². The van der Waals surface area contributed by atoms with Crippen molar-refractivity contribution >= 4 is 11.9 Å². The Hall–Kier alpha value is -3.02. The van der Waals surface area contributed by atoms with Crippen LogP contribution in [0, 0.1) is 0 Å². The highest BCUT2D eigenvalue weighted by atomic mass is 16.3. The van der Waals surface area contributed by atoms with Crippen molar-refractivity contribution in [1.29, 1.82) is 0 Å². The van der Waals surface area contributed by atoms with E-state index in [9.17, 15) is 9.90 Å². The zero-order valence-electron chi connectivity index (χ0n) is 15.3. The SMILES string of the molecule is CCNC(=NCCNC(=O)c1ccc(O)cc1)N(C)Cc1ccccc1. The van der Waals surface area contributed by atoms with Gasteiger partial charge in [-0.1, -0.05) is 30.3 Å². The maximum absolute atomic E-state index is 12.0. The fourth-order valence-electron chi connectivity index (χ4n) is 2.45. The molecule has 2 aromatic carbocycles. The quantitative estimate of drug-likeness (QED) is 0.405. The molecule has 0 atom stereocenters. The van der Waals surface area contributed by atoms with Gasteiger partial charge in [0.05, 0.1) is 6.54 Å². The van der Waals surface area contributed by atoms with E-state index in [2.05, 4.69) is 32.7 Å². The number of nitrogens with zero attached hydrogens (tertiary/aromatic N) is 2. The maximum Gasteiger partial charge on any atom is 0.251 e. The second kappa shape index (κ2) is 10.1. The Labute approximate surface area is 154 Å². The molecule has 0 aliphatic rings. The molecule has 0 fully saturated rings. The van der Waals surface area contributed by atoms with E-state index in [4.69, 9.17) is 0 Å². The van der Waals surface area contributed by atoms with Crippen LogP contribution in [-0.4, -0.2) is 48.6 Å². The first-order valence-electron chi connectivity index (χ1n) is 8.70. The summed E-state index contributed by atoms with van der Waals surface area (Å²) in [4.78, 5) is 18.7. The molecule has 0 saturated carbocycles. The first-order valence-corrected chi connectivity index (χ1v) is 8.70. The van der Waals surface area contributed by atoms with E-state index in [1.165, 1.54) is 17.7 Å². The average Bonchev–Trinajstić information content (AvgIpc) is 2.65. The van der Waals surface area contributed by atoms with Crippen molar-refractivity contribution < 1.29 is 9.90 Å². The maximum atomic E-state index is 12.0. The summed E-state index contributed by atoms with van der Waals surface area (Å²) in [5.41, 5.74) is 1.72. The van der Waals surface area contributed by atoms with Crippen molar-refractivity contribution in [2.45, 2.75) is 13.5 Å². The summed E-state index contributed by atoms with van der Waals surface area (Å²) < 4.78 is 0. The van der Waals surface area contributed by atoms with Crippen molar-refractivity contribution in [3.05, 3.63) is 65.7 Å². The third kappa shape index (κ3) is 6.12. The molecule has 6 nitrogen and oxygen atoms in total. The molecule has 3 N–H and O–H groups in total. The minimum absolute atomic E-state index is 0.142. The third-order valence-electron chi connectivity index (χ3n) is 3.75. The normalized spacial score (nSPS) is 11.1. The van der Waals surface area contributed by atoms with Gasteiger partial charge in [-0.05, 0) is 36.8 Å². The van der Waals surface area contributed by atoms with Gasteiger partial charge in [-0.3, -0.25) is 9.79 Å². The van der Waals surface area contributed by atoms with E-state index < -0.39 is 0 Å². The third-order valence-corrected chi connectivity index (χ3v) is 3.75. The molecule has 1 amide bonds. The Morgan fingerprint density at radius 1 is 1.08 bits per heavy atom. The molecule has 0 heterocycles. The lowest BCUT2D eigenvalue weighted by Gasteiger charge is -2.22. The number of benzene rings is 2. The Kier molecular flexibility index (Phi) is 7.49. The minimum Gasteiger partial charge on any atom is -0.508 e. The Morgan fingerprint density at radius 3 is 2.42 bits per heavy atom. The van der Waals surface area contributed by atoms with Crippen LogP contribution in [0.5, 0.6) is 5.75 Å². The average molecular weight is 354 g/mol. The summed E-state index contributed by atoms with van der Waals surface area (Å²) >= 11 is 0. The number of aromatic hydroxyl groups is 1. The molecule has 26 heavy (non-hydrogen) atoms. The van der Waals surface area contributed by atoms with E-state index in [-0.39, 0.29) is 11.7 Å². The second-order valence-electron chi connectivity index (χ2n) is 5.88. The summed E-state index contributed by atoms with van der Waals surface area (Å²) in [6, 6.07) is 16.4. The lowest BCUT2D eigenvalue weighted by atomic mass is 10.2. The van der Waals surface area contributed by atoms with Gasteiger partial charge < -0.3 is 20.6 Å². The summed E-state index contributed by atoms with van der Waals surface area (Å²) in [7, 11) is 1.99. The Morgan fingerprint density at radius 2 is 1.77 bits per heavy atom. The first-order chi connectivity index (χ1) is 12.6. The number of rotatable bonds is 7. The highest BCUT2D eigenvalue weighted by Gasteiger charge is 2.07. The van der Waals surface area contributed by atoms with Crippen molar-refractivity contribution in [3.63, 3.8) is 0 Å². The number of guanidine groups is 1. The molecule has 138 valence electrons. The van der Waals surface area contributed by atoms with Crippen molar-refractivity contribution in [2.75, 3.05) is 26.7 Å². The molecule has 6 heteroatoms. The van der Waals surface area contributed by atoms with Gasteiger partial charge >= 0.3 is 0 Å². The first kappa shape index (κ1) is 19.3. The van der Waals surface area contributed by atoms with E-state index in [1.54, 1.807) is 12.1 Å². The number of hydrogen-bond acceptors (Lipinski definition) is 3. The molecule has 0 bridgehead atoms. The minimum atomic E-state index is -0.178. The second-order valence-corrected chi connectivity index (χ2v) is 5.88. The van der Waals surface area contributed by atoms with Crippen LogP contribution in [0.4, 0.5) is 0 Å². The van der Waals surface area contributed by atoms with Gasteiger partial charge in [0.15, 0.2) is 5.96 Å². The van der Waals surface area contributed by atoms with Gasteiger partial charge in [0, 0.05) is 32.2 Å².